The van der Waals surface area contributed by atoms with Crippen LogP contribution in [0, 0.1) is 0 Å². The van der Waals surface area contributed by atoms with Gasteiger partial charge in [0.2, 0.25) is 5.91 Å². The first-order chi connectivity index (χ1) is 9.11. The maximum Gasteiger partial charge on any atom is 0.237 e. The number of amides is 1. The van der Waals surface area contributed by atoms with E-state index in [0.29, 0.717) is 6.54 Å². The average Bonchev–Trinajstić information content (AvgIpc) is 2.45. The fourth-order valence-corrected chi connectivity index (χ4v) is 1.87. The Morgan fingerprint density at radius 2 is 2.05 bits per heavy atom. The summed E-state index contributed by atoms with van der Waals surface area (Å²) < 4.78 is 0. The second-order valence-electron chi connectivity index (χ2n) is 4.48. The second kappa shape index (κ2) is 7.41. The first kappa shape index (κ1) is 15.0. The number of rotatable bonds is 6. The van der Waals surface area contributed by atoms with Crippen LogP contribution in [0.5, 0.6) is 0 Å². The van der Waals surface area contributed by atoms with Gasteiger partial charge in [-0.05, 0) is 12.0 Å². The fourth-order valence-electron chi connectivity index (χ4n) is 1.87. The SMILES string of the molecule is CCCCN(C)C(=O)C(C(N)=NO)c1ccccc1. The predicted molar refractivity (Wildman–Crippen MR) is 75.1 cm³/mol. The number of benzene rings is 1. The van der Waals surface area contributed by atoms with Gasteiger partial charge in [0.1, 0.15) is 5.92 Å². The molecule has 1 unspecified atom stereocenters. The Balaban J connectivity index is 2.96. The lowest BCUT2D eigenvalue weighted by atomic mass is 9.96. The van der Waals surface area contributed by atoms with E-state index in [4.69, 9.17) is 10.9 Å². The molecule has 0 heterocycles. The maximum absolute atomic E-state index is 12.4. The van der Waals surface area contributed by atoms with Crippen molar-refractivity contribution >= 4 is 11.7 Å². The summed E-state index contributed by atoms with van der Waals surface area (Å²) >= 11 is 0. The number of unbranched alkanes of at least 4 members (excludes halogenated alkanes) is 1. The van der Waals surface area contributed by atoms with Crippen molar-refractivity contribution in [2.24, 2.45) is 10.9 Å². The molecular weight excluding hydrogens is 242 g/mol. The maximum atomic E-state index is 12.4. The Morgan fingerprint density at radius 1 is 1.42 bits per heavy atom. The van der Waals surface area contributed by atoms with E-state index >= 15 is 0 Å². The van der Waals surface area contributed by atoms with Gasteiger partial charge in [0.15, 0.2) is 5.84 Å². The van der Waals surface area contributed by atoms with Crippen LogP contribution in [0.25, 0.3) is 0 Å². The molecule has 0 saturated heterocycles. The third-order valence-electron chi connectivity index (χ3n) is 3.01. The van der Waals surface area contributed by atoms with Gasteiger partial charge in [-0.1, -0.05) is 48.8 Å². The van der Waals surface area contributed by atoms with E-state index in [1.165, 1.54) is 0 Å². The monoisotopic (exact) mass is 263 g/mol. The van der Waals surface area contributed by atoms with Crippen LogP contribution in [-0.2, 0) is 4.79 Å². The molecule has 0 spiro atoms. The normalized spacial score (nSPS) is 13.1. The minimum atomic E-state index is -0.729. The largest absolute Gasteiger partial charge is 0.409 e. The van der Waals surface area contributed by atoms with E-state index < -0.39 is 5.92 Å². The van der Waals surface area contributed by atoms with Crippen molar-refractivity contribution in [2.45, 2.75) is 25.7 Å². The number of nitrogens with two attached hydrogens (primary N) is 1. The lowest BCUT2D eigenvalue weighted by Gasteiger charge is -2.23. The van der Waals surface area contributed by atoms with Gasteiger partial charge in [-0.25, -0.2) is 0 Å². The number of amidine groups is 1. The molecule has 0 aliphatic heterocycles. The molecule has 0 bridgehead atoms. The first-order valence-corrected chi connectivity index (χ1v) is 6.39. The highest BCUT2D eigenvalue weighted by Gasteiger charge is 2.27. The number of nitrogens with zero attached hydrogens (tertiary/aromatic N) is 2. The molecule has 1 aromatic carbocycles. The van der Waals surface area contributed by atoms with Crippen molar-refractivity contribution in [2.75, 3.05) is 13.6 Å². The summed E-state index contributed by atoms with van der Waals surface area (Å²) in [6.07, 6.45) is 1.94. The minimum Gasteiger partial charge on any atom is -0.409 e. The molecule has 0 aliphatic carbocycles. The van der Waals surface area contributed by atoms with Crippen molar-refractivity contribution < 1.29 is 10.0 Å². The Hall–Kier alpha value is -2.04. The third-order valence-corrected chi connectivity index (χ3v) is 3.01. The molecule has 19 heavy (non-hydrogen) atoms. The second-order valence-corrected chi connectivity index (χ2v) is 4.48. The van der Waals surface area contributed by atoms with Crippen LogP contribution in [0.3, 0.4) is 0 Å². The summed E-state index contributed by atoms with van der Waals surface area (Å²) in [6.45, 7) is 2.73. The number of likely N-dealkylation sites (N-methyl/N-ethyl adjacent to an activating group) is 1. The van der Waals surface area contributed by atoms with Gasteiger partial charge < -0.3 is 15.8 Å². The summed E-state index contributed by atoms with van der Waals surface area (Å²) in [7, 11) is 1.73. The van der Waals surface area contributed by atoms with E-state index in [9.17, 15) is 4.79 Å². The van der Waals surface area contributed by atoms with E-state index in [1.807, 2.05) is 18.2 Å². The molecule has 5 heteroatoms. The molecule has 104 valence electrons. The van der Waals surface area contributed by atoms with Gasteiger partial charge in [0.25, 0.3) is 0 Å². The van der Waals surface area contributed by atoms with Crippen LogP contribution < -0.4 is 5.73 Å². The van der Waals surface area contributed by atoms with Crippen LogP contribution in [0.2, 0.25) is 0 Å². The van der Waals surface area contributed by atoms with Crippen molar-refractivity contribution in [3.05, 3.63) is 35.9 Å². The lowest BCUT2D eigenvalue weighted by Crippen LogP contribution is -2.39. The molecular formula is C14H21N3O2. The quantitative estimate of drug-likeness (QED) is 0.355. The van der Waals surface area contributed by atoms with E-state index in [2.05, 4.69) is 12.1 Å². The molecule has 3 N–H and O–H groups in total. The lowest BCUT2D eigenvalue weighted by molar-refractivity contribution is -0.130. The number of oxime groups is 1. The average molecular weight is 263 g/mol. The molecule has 0 aromatic heterocycles. The van der Waals surface area contributed by atoms with E-state index in [0.717, 1.165) is 18.4 Å². The Bertz CT molecular complexity index is 432. The molecule has 0 fully saturated rings. The molecule has 1 aromatic rings. The number of carbonyl (C=O) groups is 1. The Kier molecular flexibility index (Phi) is 5.85. The zero-order chi connectivity index (χ0) is 14.3. The predicted octanol–water partition coefficient (Wildman–Crippen LogP) is 1.78. The Morgan fingerprint density at radius 3 is 2.58 bits per heavy atom. The van der Waals surface area contributed by atoms with Crippen LogP contribution in [-0.4, -0.2) is 35.4 Å². The summed E-state index contributed by atoms with van der Waals surface area (Å²) in [6, 6.07) is 9.11. The molecule has 0 aliphatic rings. The number of hydrogen-bond donors (Lipinski definition) is 2. The summed E-state index contributed by atoms with van der Waals surface area (Å²) in [5, 5.41) is 11.9. The number of carbonyl (C=O) groups excluding carboxylic acids is 1. The fraction of sp³-hybridized carbons (Fsp3) is 0.429. The molecule has 1 amide bonds. The topological polar surface area (TPSA) is 78.9 Å². The van der Waals surface area contributed by atoms with E-state index in [-0.39, 0.29) is 11.7 Å². The van der Waals surface area contributed by atoms with Crippen molar-refractivity contribution in [1.82, 2.24) is 4.90 Å². The van der Waals surface area contributed by atoms with Crippen molar-refractivity contribution in [3.8, 4) is 0 Å². The van der Waals surface area contributed by atoms with Crippen molar-refractivity contribution in [1.29, 1.82) is 0 Å². The minimum absolute atomic E-state index is 0.0838. The van der Waals surface area contributed by atoms with Gasteiger partial charge in [-0.3, -0.25) is 4.79 Å². The third kappa shape index (κ3) is 3.98. The van der Waals surface area contributed by atoms with Gasteiger partial charge >= 0.3 is 0 Å². The van der Waals surface area contributed by atoms with E-state index in [1.54, 1.807) is 24.1 Å². The van der Waals surface area contributed by atoms with Gasteiger partial charge in [-0.2, -0.15) is 0 Å². The van der Waals surface area contributed by atoms with Crippen LogP contribution in [0.15, 0.2) is 35.5 Å². The van der Waals surface area contributed by atoms with Crippen molar-refractivity contribution in [3.63, 3.8) is 0 Å². The van der Waals surface area contributed by atoms with Gasteiger partial charge in [0.05, 0.1) is 0 Å². The highest BCUT2D eigenvalue weighted by molar-refractivity contribution is 6.07. The number of hydrogen-bond acceptors (Lipinski definition) is 3. The standard InChI is InChI=1S/C14H21N3O2/c1-3-4-10-17(2)14(18)12(13(15)16-19)11-8-6-5-7-9-11/h5-9,12,19H,3-4,10H2,1-2H3,(H2,15,16). The van der Waals surface area contributed by atoms with Gasteiger partial charge in [0, 0.05) is 13.6 Å². The molecule has 0 saturated carbocycles. The highest BCUT2D eigenvalue weighted by atomic mass is 16.4. The molecule has 0 radical (unpaired) electrons. The highest BCUT2D eigenvalue weighted by Crippen LogP contribution is 2.18. The van der Waals surface area contributed by atoms with Crippen LogP contribution >= 0.6 is 0 Å². The zero-order valence-corrected chi connectivity index (χ0v) is 11.4. The summed E-state index contributed by atoms with van der Waals surface area (Å²) in [5.41, 5.74) is 6.40. The van der Waals surface area contributed by atoms with Gasteiger partial charge in [-0.15, -0.1) is 0 Å². The first-order valence-electron chi connectivity index (χ1n) is 6.39. The zero-order valence-electron chi connectivity index (χ0n) is 11.4. The Labute approximate surface area is 113 Å². The summed E-state index contributed by atoms with van der Waals surface area (Å²) in [5.74, 6) is -0.970. The molecule has 5 nitrogen and oxygen atoms in total. The van der Waals surface area contributed by atoms with Crippen LogP contribution in [0.1, 0.15) is 31.2 Å². The molecule has 1 atom stereocenters. The summed E-state index contributed by atoms with van der Waals surface area (Å²) in [4.78, 5) is 14.0. The van der Waals surface area contributed by atoms with Crippen LogP contribution in [0.4, 0.5) is 0 Å². The smallest absolute Gasteiger partial charge is 0.237 e. The molecule has 1 rings (SSSR count).